The first kappa shape index (κ1) is 13.8. The second kappa shape index (κ2) is 6.44. The highest BCUT2D eigenvalue weighted by Gasteiger charge is 2.09. The highest BCUT2D eigenvalue weighted by atomic mass is 79.9. The molecule has 0 aliphatic rings. The average Bonchev–Trinajstić information content (AvgIpc) is 2.22. The molecule has 0 aliphatic heterocycles. The molecule has 0 aliphatic carbocycles. The molecule has 1 aromatic carbocycles. The average molecular weight is 305 g/mol. The Kier molecular flexibility index (Phi) is 5.21. The van der Waals surface area contributed by atoms with Crippen LogP contribution in [0.4, 0.5) is 10.1 Å². The van der Waals surface area contributed by atoms with Crippen molar-refractivity contribution < 1.29 is 13.9 Å². The molecule has 0 saturated heterocycles. The number of anilines is 1. The molecule has 1 rings (SSSR count). The van der Waals surface area contributed by atoms with Gasteiger partial charge in [0.05, 0.1) is 23.2 Å². The van der Waals surface area contributed by atoms with E-state index in [0.717, 1.165) is 0 Å². The fraction of sp³-hybridized carbons (Fsp3) is 0.364. The number of benzene rings is 1. The summed E-state index contributed by atoms with van der Waals surface area (Å²) in [5.74, 6) is -0.176. The standard InChI is InChI=1S/C11H14BrFN2O2/c1-2-15-10(16)3-4-17-11-8(12)5-7(13)6-9(11)14/h5-6H,2-4,14H2,1H3,(H,15,16). The van der Waals surface area contributed by atoms with Crippen LogP contribution in [0.15, 0.2) is 16.6 Å². The summed E-state index contributed by atoms with van der Waals surface area (Å²) < 4.78 is 18.7. The number of carbonyl (C=O) groups is 1. The predicted octanol–water partition coefficient (Wildman–Crippen LogP) is 2.08. The van der Waals surface area contributed by atoms with Gasteiger partial charge in [-0.1, -0.05) is 0 Å². The van der Waals surface area contributed by atoms with E-state index in [1.54, 1.807) is 0 Å². The van der Waals surface area contributed by atoms with E-state index in [0.29, 0.717) is 16.8 Å². The minimum Gasteiger partial charge on any atom is -0.490 e. The topological polar surface area (TPSA) is 64.3 Å². The summed E-state index contributed by atoms with van der Waals surface area (Å²) in [5.41, 5.74) is 5.80. The van der Waals surface area contributed by atoms with Gasteiger partial charge in [-0.15, -0.1) is 0 Å². The molecule has 6 heteroatoms. The van der Waals surface area contributed by atoms with Crippen molar-refractivity contribution in [3.8, 4) is 5.75 Å². The predicted molar refractivity (Wildman–Crippen MR) is 67.3 cm³/mol. The van der Waals surface area contributed by atoms with Crippen molar-refractivity contribution in [2.45, 2.75) is 13.3 Å². The van der Waals surface area contributed by atoms with Crippen LogP contribution in [-0.4, -0.2) is 19.1 Å². The first-order chi connectivity index (χ1) is 8.04. The molecule has 1 amide bonds. The Morgan fingerprint density at radius 3 is 2.88 bits per heavy atom. The first-order valence-corrected chi connectivity index (χ1v) is 5.98. The normalized spacial score (nSPS) is 10.1. The van der Waals surface area contributed by atoms with Gasteiger partial charge in [0.1, 0.15) is 5.82 Å². The molecule has 0 saturated carbocycles. The summed E-state index contributed by atoms with van der Waals surface area (Å²) in [6, 6.07) is 2.43. The minimum atomic E-state index is -0.439. The molecule has 0 aromatic heterocycles. The van der Waals surface area contributed by atoms with E-state index in [9.17, 15) is 9.18 Å². The lowest BCUT2D eigenvalue weighted by Gasteiger charge is -2.10. The lowest BCUT2D eigenvalue weighted by Crippen LogP contribution is -2.24. The van der Waals surface area contributed by atoms with Crippen LogP contribution in [0, 0.1) is 5.82 Å². The molecular weight excluding hydrogens is 291 g/mol. The van der Waals surface area contributed by atoms with Crippen LogP contribution < -0.4 is 15.8 Å². The van der Waals surface area contributed by atoms with Gasteiger partial charge in [0.25, 0.3) is 0 Å². The van der Waals surface area contributed by atoms with Crippen molar-refractivity contribution in [3.63, 3.8) is 0 Å². The van der Waals surface area contributed by atoms with Crippen molar-refractivity contribution >= 4 is 27.5 Å². The molecule has 17 heavy (non-hydrogen) atoms. The lowest BCUT2D eigenvalue weighted by atomic mass is 10.3. The van der Waals surface area contributed by atoms with E-state index in [4.69, 9.17) is 10.5 Å². The fourth-order valence-electron chi connectivity index (χ4n) is 1.26. The number of carbonyl (C=O) groups excluding carboxylic acids is 1. The number of nitrogens with two attached hydrogens (primary N) is 1. The van der Waals surface area contributed by atoms with Crippen molar-refractivity contribution in [2.75, 3.05) is 18.9 Å². The van der Waals surface area contributed by atoms with Gasteiger partial charge in [-0.25, -0.2) is 4.39 Å². The maximum atomic E-state index is 12.9. The molecule has 94 valence electrons. The van der Waals surface area contributed by atoms with Crippen LogP contribution in [0.2, 0.25) is 0 Å². The molecule has 0 fully saturated rings. The van der Waals surface area contributed by atoms with Gasteiger partial charge in [-0.2, -0.15) is 0 Å². The molecule has 0 heterocycles. The van der Waals surface area contributed by atoms with E-state index in [2.05, 4.69) is 21.2 Å². The highest BCUT2D eigenvalue weighted by molar-refractivity contribution is 9.10. The van der Waals surface area contributed by atoms with Crippen LogP contribution in [0.5, 0.6) is 5.75 Å². The van der Waals surface area contributed by atoms with Gasteiger partial charge in [-0.05, 0) is 28.9 Å². The summed E-state index contributed by atoms with van der Waals surface area (Å²) >= 11 is 3.15. The van der Waals surface area contributed by atoms with Crippen LogP contribution in [0.1, 0.15) is 13.3 Å². The monoisotopic (exact) mass is 304 g/mol. The number of ether oxygens (including phenoxy) is 1. The zero-order valence-corrected chi connectivity index (χ0v) is 11.0. The number of hydrogen-bond donors (Lipinski definition) is 2. The number of halogens is 2. The van der Waals surface area contributed by atoms with E-state index >= 15 is 0 Å². The first-order valence-electron chi connectivity index (χ1n) is 5.18. The summed E-state index contributed by atoms with van der Waals surface area (Å²) in [7, 11) is 0. The Balaban J connectivity index is 2.55. The summed E-state index contributed by atoms with van der Waals surface area (Å²) in [6.07, 6.45) is 0.233. The molecular formula is C11H14BrFN2O2. The van der Waals surface area contributed by atoms with Crippen molar-refractivity contribution in [2.24, 2.45) is 0 Å². The Morgan fingerprint density at radius 2 is 2.29 bits per heavy atom. The quantitative estimate of drug-likeness (QED) is 0.819. The summed E-state index contributed by atoms with van der Waals surface area (Å²) in [6.45, 7) is 2.62. The van der Waals surface area contributed by atoms with Crippen LogP contribution in [-0.2, 0) is 4.79 Å². The Bertz CT molecular complexity index is 389. The number of amides is 1. The maximum Gasteiger partial charge on any atom is 0.223 e. The zero-order chi connectivity index (χ0) is 12.8. The van der Waals surface area contributed by atoms with Crippen molar-refractivity contribution in [1.82, 2.24) is 5.32 Å². The zero-order valence-electron chi connectivity index (χ0n) is 9.43. The van der Waals surface area contributed by atoms with Gasteiger partial charge in [0.15, 0.2) is 5.75 Å². The van der Waals surface area contributed by atoms with Gasteiger partial charge in [-0.3, -0.25) is 4.79 Å². The lowest BCUT2D eigenvalue weighted by molar-refractivity contribution is -0.121. The van der Waals surface area contributed by atoms with Gasteiger partial charge >= 0.3 is 0 Å². The van der Waals surface area contributed by atoms with Crippen LogP contribution in [0.3, 0.4) is 0 Å². The highest BCUT2D eigenvalue weighted by Crippen LogP contribution is 2.32. The molecule has 4 nitrogen and oxygen atoms in total. The van der Waals surface area contributed by atoms with Gasteiger partial charge < -0.3 is 15.8 Å². The van der Waals surface area contributed by atoms with Crippen LogP contribution in [0.25, 0.3) is 0 Å². The number of rotatable bonds is 5. The molecule has 0 radical (unpaired) electrons. The van der Waals surface area contributed by atoms with E-state index in [-0.39, 0.29) is 24.6 Å². The molecule has 1 aromatic rings. The second-order valence-electron chi connectivity index (χ2n) is 3.36. The third kappa shape index (κ3) is 4.22. The number of hydrogen-bond acceptors (Lipinski definition) is 3. The molecule has 0 atom stereocenters. The molecule has 0 bridgehead atoms. The van der Waals surface area contributed by atoms with Crippen molar-refractivity contribution in [3.05, 3.63) is 22.4 Å². The smallest absolute Gasteiger partial charge is 0.223 e. The largest absolute Gasteiger partial charge is 0.490 e. The van der Waals surface area contributed by atoms with E-state index in [1.165, 1.54) is 12.1 Å². The number of nitrogen functional groups attached to an aromatic ring is 1. The number of nitrogens with one attached hydrogen (secondary N) is 1. The van der Waals surface area contributed by atoms with E-state index in [1.807, 2.05) is 6.92 Å². The SMILES string of the molecule is CCNC(=O)CCOc1c(N)cc(F)cc1Br. The third-order valence-corrected chi connectivity index (χ3v) is 2.58. The Labute approximate surface area is 107 Å². The van der Waals surface area contributed by atoms with E-state index < -0.39 is 5.82 Å². The van der Waals surface area contributed by atoms with Crippen molar-refractivity contribution in [1.29, 1.82) is 0 Å². The third-order valence-electron chi connectivity index (χ3n) is 1.99. The maximum absolute atomic E-state index is 12.9. The van der Waals surface area contributed by atoms with Gasteiger partial charge in [0, 0.05) is 12.6 Å². The Morgan fingerprint density at radius 1 is 1.59 bits per heavy atom. The Hall–Kier alpha value is -1.30. The van der Waals surface area contributed by atoms with Crippen LogP contribution >= 0.6 is 15.9 Å². The second-order valence-corrected chi connectivity index (χ2v) is 4.21. The minimum absolute atomic E-state index is 0.0932. The fourth-order valence-corrected chi connectivity index (χ4v) is 1.83. The molecule has 0 unspecified atom stereocenters. The van der Waals surface area contributed by atoms with Gasteiger partial charge in [0.2, 0.25) is 5.91 Å². The molecule has 3 N–H and O–H groups in total. The summed E-state index contributed by atoms with van der Waals surface area (Å²) in [4.78, 5) is 11.2. The summed E-state index contributed by atoms with van der Waals surface area (Å²) in [5, 5.41) is 2.65. The molecule has 0 spiro atoms.